The van der Waals surface area contributed by atoms with Gasteiger partial charge in [-0.15, -0.1) is 82.8 Å². The molecule has 0 radical (unpaired) electrons. The number of hydrogen-bond acceptors (Lipinski definition) is 2. The summed E-state index contributed by atoms with van der Waals surface area (Å²) in [5.41, 5.74) is 15.7. The van der Waals surface area contributed by atoms with Gasteiger partial charge in [-0.05, 0) is 102 Å². The van der Waals surface area contributed by atoms with E-state index in [9.17, 15) is 0 Å². The van der Waals surface area contributed by atoms with Crippen LogP contribution in [-0.2, 0) is 23.3 Å². The zero-order valence-electron chi connectivity index (χ0n) is 33.0. The molecule has 8 rings (SSSR count). The second-order valence-corrected chi connectivity index (χ2v) is 23.8. The van der Waals surface area contributed by atoms with Gasteiger partial charge in [-0.25, -0.2) is 0 Å². The summed E-state index contributed by atoms with van der Waals surface area (Å²) in [6.45, 7) is 21.7. The predicted molar refractivity (Wildman–Crippen MR) is 235 cm³/mol. The molecule has 2 heterocycles. The number of halogens is 2. The molecule has 0 N–H and O–H groups in total. The van der Waals surface area contributed by atoms with E-state index in [-0.39, 0.29) is 30.2 Å². The number of rotatable bonds is 4. The summed E-state index contributed by atoms with van der Waals surface area (Å²) in [5.74, 6) is 3.77. The second kappa shape index (κ2) is 18.3. The summed E-state index contributed by atoms with van der Waals surface area (Å²) in [4.78, 5) is 0. The number of fused-ring (bicyclic) bond motifs is 2. The fourth-order valence-electron chi connectivity index (χ4n) is 7.01. The first-order valence-corrected chi connectivity index (χ1v) is 24.2. The van der Waals surface area contributed by atoms with Crippen molar-refractivity contribution in [3.63, 3.8) is 0 Å². The van der Waals surface area contributed by atoms with E-state index in [0.717, 1.165) is 34.2 Å². The molecule has 0 unspecified atom stereocenters. The molecule has 2 nitrogen and oxygen atoms in total. The number of aryl methyl sites for hydroxylation is 6. The van der Waals surface area contributed by atoms with E-state index in [1.807, 2.05) is 26.0 Å². The van der Waals surface area contributed by atoms with E-state index >= 15 is 0 Å². The van der Waals surface area contributed by atoms with E-state index in [4.69, 9.17) is 8.83 Å². The molecule has 0 atom stereocenters. The summed E-state index contributed by atoms with van der Waals surface area (Å²) in [5, 5.41) is 5.15. The van der Waals surface area contributed by atoms with Gasteiger partial charge in [0.05, 0.1) is 23.0 Å². The van der Waals surface area contributed by atoms with Crippen molar-refractivity contribution in [3.8, 4) is 44.9 Å². The molecule has 0 saturated carbocycles. The molecule has 8 aromatic rings. The maximum atomic E-state index is 5.82. The number of hydrogen-bond donors (Lipinski definition) is 0. The molecule has 0 aliphatic rings. The van der Waals surface area contributed by atoms with Crippen molar-refractivity contribution in [2.75, 3.05) is 0 Å². The van der Waals surface area contributed by atoms with Gasteiger partial charge in [0.1, 0.15) is 0 Å². The van der Waals surface area contributed by atoms with Crippen LogP contribution in [-0.4, -0.2) is 5.43 Å². The van der Waals surface area contributed by atoms with Gasteiger partial charge in [-0.1, -0.05) is 93.0 Å². The van der Waals surface area contributed by atoms with Crippen LogP contribution < -0.4 is 0 Å². The van der Waals surface area contributed by atoms with Crippen molar-refractivity contribution in [3.05, 3.63) is 154 Å². The largest absolute Gasteiger partial charge is 0.496 e. The van der Waals surface area contributed by atoms with Crippen LogP contribution in [0.1, 0.15) is 44.9 Å². The molecular weight excluding hydrogens is 799 g/mol. The minimum Gasteiger partial charge on any atom is -0.496 e. The van der Waals surface area contributed by atoms with Crippen LogP contribution in [0, 0.1) is 55.4 Å². The normalized spacial score (nSPS) is 10.6. The minimum atomic E-state index is 0. The van der Waals surface area contributed by atoms with Crippen LogP contribution in [0.2, 0.25) is 13.1 Å². The summed E-state index contributed by atoms with van der Waals surface area (Å²) < 4.78 is 11.6. The van der Waals surface area contributed by atoms with Crippen molar-refractivity contribution in [2.24, 2.45) is 0 Å². The van der Waals surface area contributed by atoms with E-state index in [1.165, 1.54) is 77.2 Å². The Bertz CT molecular complexity index is 2380. The molecule has 276 valence electrons. The van der Waals surface area contributed by atoms with Gasteiger partial charge in [0.25, 0.3) is 0 Å². The monoisotopic (exact) mass is 846 g/mol. The predicted octanol–water partition coefficient (Wildman–Crippen LogP) is 15.1. The van der Waals surface area contributed by atoms with Gasteiger partial charge >= 0.3 is 41.9 Å². The summed E-state index contributed by atoms with van der Waals surface area (Å²) in [7, 11) is 0. The quantitative estimate of drug-likeness (QED) is 0.130. The molecule has 0 fully saturated rings. The van der Waals surface area contributed by atoms with E-state index in [2.05, 4.69) is 152 Å². The average molecular weight is 849 g/mol. The van der Waals surface area contributed by atoms with E-state index in [0.29, 0.717) is 0 Å². The maximum Gasteiger partial charge on any atom is 0.0896 e. The zero-order valence-corrected chi connectivity index (χ0v) is 38.1. The topological polar surface area (TPSA) is 26.3 Å². The standard InChI is InChI=1S/2C23H21O.C2H6Si.2ClH.Zr/c2*1-14-6-5-7-18(10-14)23-17(4)15(2)11-19-12-20(13-21(19)23)22-9-8-16(3)24-22;1-3-2;;;/h2*5-13H,1-4H3;1-2H3;2*1H;/q2*-1;;;;+2. The first kappa shape index (κ1) is 43.1. The second-order valence-electron chi connectivity index (χ2n) is 14.4. The molecular formula is C48H50Cl2O2SiZr. The first-order chi connectivity index (χ1) is 24.8. The molecule has 0 aliphatic carbocycles. The average Bonchev–Trinajstić information content (AvgIpc) is 3.89. The van der Waals surface area contributed by atoms with Crippen molar-refractivity contribution in [1.82, 2.24) is 0 Å². The van der Waals surface area contributed by atoms with Gasteiger partial charge in [0.2, 0.25) is 0 Å². The van der Waals surface area contributed by atoms with Crippen LogP contribution in [0.3, 0.4) is 0 Å². The Kier molecular flexibility index (Phi) is 14.6. The Labute approximate surface area is 348 Å². The van der Waals surface area contributed by atoms with Gasteiger partial charge in [-0.2, -0.15) is 0 Å². The first-order valence-electron chi connectivity index (χ1n) is 18.0. The van der Waals surface area contributed by atoms with E-state index < -0.39 is 0 Å². The third kappa shape index (κ3) is 9.58. The van der Waals surface area contributed by atoms with Crippen LogP contribution in [0.4, 0.5) is 0 Å². The van der Waals surface area contributed by atoms with E-state index in [1.54, 1.807) is 23.3 Å². The van der Waals surface area contributed by atoms with Crippen molar-refractivity contribution in [2.45, 2.75) is 68.5 Å². The molecule has 0 aliphatic heterocycles. The fourth-order valence-corrected chi connectivity index (χ4v) is 7.01. The Balaban J connectivity index is 0.000000212. The maximum absolute atomic E-state index is 5.82. The molecule has 6 heteroatoms. The molecule has 0 amide bonds. The van der Waals surface area contributed by atoms with Gasteiger partial charge in [0.15, 0.2) is 0 Å². The van der Waals surface area contributed by atoms with Crippen LogP contribution in [0.25, 0.3) is 66.4 Å². The Morgan fingerprint density at radius 3 is 1.19 bits per heavy atom. The smallest absolute Gasteiger partial charge is 0.0896 e. The molecule has 54 heavy (non-hydrogen) atoms. The van der Waals surface area contributed by atoms with Gasteiger partial charge < -0.3 is 8.83 Å². The Hall–Kier alpha value is -3.66. The number of benzene rings is 4. The molecule has 0 saturated heterocycles. The van der Waals surface area contributed by atoms with Gasteiger partial charge in [-0.3, -0.25) is 0 Å². The van der Waals surface area contributed by atoms with Crippen molar-refractivity contribution < 1.29 is 32.2 Å². The fraction of sp³-hybridized carbons (Fsp3) is 0.208. The SMILES string of the molecule is C[Si](C)=[Zr+2].Cc1cccc(-c2c(C)c(C)cc3[cH-]c(-c4ccc(C)o4)cc23)c1.Cc1cccc(-c2c(C)c(C)cc3[cH-]c(-c4ccc(C)o4)cc23)c1.Cl.Cl. The van der Waals surface area contributed by atoms with Crippen molar-refractivity contribution >= 4 is 51.8 Å². The molecule has 2 aromatic heterocycles. The Morgan fingerprint density at radius 2 is 0.870 bits per heavy atom. The van der Waals surface area contributed by atoms with Crippen LogP contribution in [0.15, 0.2) is 118 Å². The molecule has 0 spiro atoms. The number of furan rings is 2. The third-order valence-electron chi connectivity index (χ3n) is 9.72. The van der Waals surface area contributed by atoms with Crippen LogP contribution >= 0.6 is 24.8 Å². The zero-order chi connectivity index (χ0) is 37.3. The van der Waals surface area contributed by atoms with Crippen molar-refractivity contribution in [1.29, 1.82) is 0 Å². The summed E-state index contributed by atoms with van der Waals surface area (Å²) in [6, 6.07) is 39.2. The minimum absolute atomic E-state index is 0. The van der Waals surface area contributed by atoms with Crippen LogP contribution in [0.5, 0.6) is 0 Å². The molecule has 6 aromatic carbocycles. The third-order valence-corrected chi connectivity index (χ3v) is 9.72. The van der Waals surface area contributed by atoms with Gasteiger partial charge in [0, 0.05) is 0 Å². The Morgan fingerprint density at radius 1 is 0.500 bits per heavy atom. The summed E-state index contributed by atoms with van der Waals surface area (Å²) >= 11 is 1.74. The summed E-state index contributed by atoms with van der Waals surface area (Å²) in [6.07, 6.45) is 0. The molecule has 0 bridgehead atoms.